The molecular weight excluding hydrogens is 416 g/mol. The van der Waals surface area contributed by atoms with E-state index >= 15 is 4.39 Å². The molecule has 0 bridgehead atoms. The molecule has 2 aromatic heterocycles. The lowest BCUT2D eigenvalue weighted by Crippen LogP contribution is -2.35. The Balaban J connectivity index is 1.92. The minimum atomic E-state index is -4.86. The van der Waals surface area contributed by atoms with E-state index < -0.39 is 50.9 Å². The van der Waals surface area contributed by atoms with Crippen LogP contribution in [0.3, 0.4) is 0 Å². The van der Waals surface area contributed by atoms with Crippen LogP contribution >= 0.6 is 7.82 Å². The summed E-state index contributed by atoms with van der Waals surface area (Å²) >= 11 is 0. The van der Waals surface area contributed by atoms with E-state index in [1.165, 1.54) is 17.8 Å². The van der Waals surface area contributed by atoms with Gasteiger partial charge in [0.1, 0.15) is 12.4 Å². The number of alkyl halides is 1. The van der Waals surface area contributed by atoms with Gasteiger partial charge in [0.2, 0.25) is 5.91 Å². The third-order valence-corrected chi connectivity index (χ3v) is 4.39. The number of esters is 1. The maximum atomic E-state index is 15.1. The number of aromatic nitrogens is 4. The van der Waals surface area contributed by atoms with Gasteiger partial charge in [-0.1, -0.05) is 0 Å². The molecule has 1 aliphatic heterocycles. The zero-order valence-corrected chi connectivity index (χ0v) is 16.0. The van der Waals surface area contributed by atoms with Gasteiger partial charge in [-0.25, -0.2) is 23.9 Å². The van der Waals surface area contributed by atoms with E-state index in [9.17, 15) is 14.2 Å². The number of nitrogens with zero attached hydrogens (tertiary/aromatic N) is 4. The number of fused-ring (bicyclic) bond motifs is 1. The van der Waals surface area contributed by atoms with Gasteiger partial charge in [-0.2, -0.15) is 0 Å². The lowest BCUT2D eigenvalue weighted by molar-refractivity contribution is -0.152. The van der Waals surface area contributed by atoms with Crippen LogP contribution in [0.4, 0.5) is 10.2 Å². The molecule has 4 atom stereocenters. The number of hydrogen-bond acceptors (Lipinski definition) is 9. The number of carbonyl (C=O) groups excluding carboxylic acids is 2. The summed E-state index contributed by atoms with van der Waals surface area (Å²) in [6.45, 7) is 1.61. The third kappa shape index (κ3) is 4.74. The highest BCUT2D eigenvalue weighted by atomic mass is 31.2. The van der Waals surface area contributed by atoms with E-state index in [0.29, 0.717) is 0 Å². The molecule has 1 amide bonds. The monoisotopic (exact) mass is 433 g/mol. The fourth-order valence-electron chi connectivity index (χ4n) is 2.85. The molecule has 1 unspecified atom stereocenters. The van der Waals surface area contributed by atoms with Gasteiger partial charge in [0.15, 0.2) is 35.5 Å². The van der Waals surface area contributed by atoms with Crippen molar-refractivity contribution in [2.24, 2.45) is 0 Å². The van der Waals surface area contributed by atoms with Crippen LogP contribution in [0.2, 0.25) is 0 Å². The SMILES string of the molecule is CC(=O)Nc1ncnc2c1ncn2[C@@H]1O[C@H](COP(=O)(O)O)C(OC(C)=O)[C@@H]1F. The molecule has 13 nitrogen and oxygen atoms in total. The van der Waals surface area contributed by atoms with Gasteiger partial charge in [0.05, 0.1) is 12.9 Å². The predicted octanol–water partition coefficient (Wildman–Crippen LogP) is 0.0612. The van der Waals surface area contributed by atoms with Crippen LogP contribution in [0.5, 0.6) is 0 Å². The van der Waals surface area contributed by atoms with E-state index in [4.69, 9.17) is 19.3 Å². The summed E-state index contributed by atoms with van der Waals surface area (Å²) in [6.07, 6.45) is -3.79. The average Bonchev–Trinajstić information content (AvgIpc) is 3.15. The Bertz CT molecular complexity index is 980. The average molecular weight is 433 g/mol. The second-order valence-electron chi connectivity index (χ2n) is 6.10. The van der Waals surface area contributed by atoms with E-state index in [1.807, 2.05) is 0 Å². The predicted molar refractivity (Wildman–Crippen MR) is 92.0 cm³/mol. The van der Waals surface area contributed by atoms with Crippen molar-refractivity contribution in [3.05, 3.63) is 12.7 Å². The number of halogens is 1. The lowest BCUT2D eigenvalue weighted by atomic mass is 10.1. The van der Waals surface area contributed by atoms with Crippen LogP contribution in [-0.2, 0) is 28.2 Å². The standard InChI is InChI=1S/C14H17FN5O8P/c1-6(21)19-12-10-13(17-4-16-12)20(5-18-10)14-9(15)11(27-7(2)22)8(28-14)3-26-29(23,24)25/h4-5,8-9,11,14H,3H2,1-2H3,(H2,23,24,25)(H,16,17,19,21)/t8-,9+,11?,14-/m1/s1. The number of carbonyl (C=O) groups is 2. The molecule has 0 radical (unpaired) electrons. The number of nitrogens with one attached hydrogen (secondary N) is 1. The minimum absolute atomic E-state index is 0.104. The molecule has 1 fully saturated rings. The third-order valence-electron chi connectivity index (χ3n) is 3.90. The van der Waals surface area contributed by atoms with Crippen molar-refractivity contribution >= 4 is 36.7 Å². The van der Waals surface area contributed by atoms with Gasteiger partial charge in [-0.3, -0.25) is 18.7 Å². The maximum absolute atomic E-state index is 15.1. The van der Waals surface area contributed by atoms with Crippen molar-refractivity contribution in [1.82, 2.24) is 19.5 Å². The first-order valence-corrected chi connectivity index (χ1v) is 9.72. The van der Waals surface area contributed by atoms with Crippen LogP contribution in [0.25, 0.3) is 11.2 Å². The van der Waals surface area contributed by atoms with Crippen molar-refractivity contribution in [1.29, 1.82) is 0 Å². The molecular formula is C14H17FN5O8P. The first-order chi connectivity index (χ1) is 13.6. The first kappa shape index (κ1) is 21.2. The van der Waals surface area contributed by atoms with E-state index in [1.54, 1.807) is 0 Å². The molecule has 1 aliphatic rings. The number of amides is 1. The van der Waals surface area contributed by atoms with Crippen LogP contribution in [0.1, 0.15) is 20.1 Å². The molecule has 29 heavy (non-hydrogen) atoms. The Labute approximate surface area is 162 Å². The van der Waals surface area contributed by atoms with Crippen molar-refractivity contribution in [2.75, 3.05) is 11.9 Å². The second-order valence-corrected chi connectivity index (χ2v) is 7.34. The highest BCUT2D eigenvalue weighted by Crippen LogP contribution is 2.40. The highest BCUT2D eigenvalue weighted by molar-refractivity contribution is 7.46. The molecule has 0 spiro atoms. The van der Waals surface area contributed by atoms with Gasteiger partial charge >= 0.3 is 13.8 Å². The van der Waals surface area contributed by atoms with E-state index in [2.05, 4.69) is 24.8 Å². The molecule has 2 aromatic rings. The molecule has 15 heteroatoms. The Morgan fingerprint density at radius 1 is 1.34 bits per heavy atom. The molecule has 0 saturated carbocycles. The zero-order valence-electron chi connectivity index (χ0n) is 15.1. The first-order valence-electron chi connectivity index (χ1n) is 8.19. The summed E-state index contributed by atoms with van der Waals surface area (Å²) in [6, 6.07) is 0. The Kier molecular flexibility index (Phi) is 5.91. The number of anilines is 1. The van der Waals surface area contributed by atoms with Gasteiger partial charge in [0.25, 0.3) is 0 Å². The van der Waals surface area contributed by atoms with Crippen molar-refractivity contribution < 1.29 is 42.3 Å². The van der Waals surface area contributed by atoms with Crippen molar-refractivity contribution in [2.45, 2.75) is 38.5 Å². The maximum Gasteiger partial charge on any atom is 0.469 e. The quantitative estimate of drug-likeness (QED) is 0.415. The Morgan fingerprint density at radius 3 is 2.69 bits per heavy atom. The molecule has 3 heterocycles. The molecule has 158 valence electrons. The van der Waals surface area contributed by atoms with Gasteiger partial charge in [-0.05, 0) is 0 Å². The van der Waals surface area contributed by atoms with Gasteiger partial charge in [-0.15, -0.1) is 0 Å². The summed E-state index contributed by atoms with van der Waals surface area (Å²) in [5.41, 5.74) is 0.284. The number of phosphoric ester groups is 1. The normalized spacial score (nSPS) is 24.6. The van der Waals surface area contributed by atoms with Crippen LogP contribution in [-0.4, -0.2) is 66.2 Å². The van der Waals surface area contributed by atoms with Gasteiger partial charge in [0, 0.05) is 13.8 Å². The zero-order chi connectivity index (χ0) is 21.3. The second kappa shape index (κ2) is 8.08. The number of rotatable bonds is 6. The number of hydrogen-bond donors (Lipinski definition) is 3. The Morgan fingerprint density at radius 2 is 2.07 bits per heavy atom. The highest BCUT2D eigenvalue weighted by Gasteiger charge is 2.49. The van der Waals surface area contributed by atoms with Crippen LogP contribution < -0.4 is 5.32 Å². The van der Waals surface area contributed by atoms with Crippen LogP contribution in [0, 0.1) is 0 Å². The smallest absolute Gasteiger partial charge is 0.456 e. The molecule has 0 aromatic carbocycles. The number of imidazole rings is 1. The van der Waals surface area contributed by atoms with Crippen molar-refractivity contribution in [3.63, 3.8) is 0 Å². The van der Waals surface area contributed by atoms with E-state index in [0.717, 1.165) is 13.3 Å². The summed E-state index contributed by atoms with van der Waals surface area (Å²) in [4.78, 5) is 52.3. The summed E-state index contributed by atoms with van der Waals surface area (Å²) in [7, 11) is -4.86. The molecule has 1 saturated heterocycles. The largest absolute Gasteiger partial charge is 0.469 e. The fraction of sp³-hybridized carbons (Fsp3) is 0.500. The number of ether oxygens (including phenoxy) is 2. The molecule has 3 N–H and O–H groups in total. The topological polar surface area (TPSA) is 175 Å². The van der Waals surface area contributed by atoms with E-state index in [-0.39, 0.29) is 17.0 Å². The van der Waals surface area contributed by atoms with Crippen LogP contribution in [0.15, 0.2) is 12.7 Å². The Hall–Kier alpha value is -2.51. The van der Waals surface area contributed by atoms with Crippen molar-refractivity contribution in [3.8, 4) is 0 Å². The molecule has 3 rings (SSSR count). The minimum Gasteiger partial charge on any atom is -0.456 e. The molecule has 0 aliphatic carbocycles. The summed E-state index contributed by atoms with van der Waals surface area (Å²) in [5, 5.41) is 2.47. The summed E-state index contributed by atoms with van der Waals surface area (Å²) in [5.74, 6) is -1.11. The lowest BCUT2D eigenvalue weighted by Gasteiger charge is -2.18. The van der Waals surface area contributed by atoms with Gasteiger partial charge < -0.3 is 24.6 Å². The number of phosphoric acid groups is 1. The summed E-state index contributed by atoms with van der Waals surface area (Å²) < 4.78 is 42.0. The fourth-order valence-corrected chi connectivity index (χ4v) is 3.19.